The van der Waals surface area contributed by atoms with Crippen LogP contribution in [0, 0.1) is 5.41 Å². The first-order valence-electron chi connectivity index (χ1n) is 5.15. The molecule has 0 amide bonds. The van der Waals surface area contributed by atoms with Crippen molar-refractivity contribution < 1.29 is 14.6 Å². The van der Waals surface area contributed by atoms with Crippen LogP contribution in [0.3, 0.4) is 0 Å². The van der Waals surface area contributed by atoms with Gasteiger partial charge in [0.05, 0.1) is 25.9 Å². The molecule has 0 radical (unpaired) electrons. The van der Waals surface area contributed by atoms with Gasteiger partial charge in [-0.3, -0.25) is 0 Å². The molecule has 0 bridgehead atoms. The second-order valence-electron chi connectivity index (χ2n) is 4.52. The van der Waals surface area contributed by atoms with E-state index in [2.05, 4.69) is 5.32 Å². The fourth-order valence-corrected chi connectivity index (χ4v) is 1.28. The van der Waals surface area contributed by atoms with E-state index in [1.54, 1.807) is 0 Å². The van der Waals surface area contributed by atoms with Gasteiger partial charge in [-0.2, -0.15) is 0 Å². The van der Waals surface area contributed by atoms with Crippen LogP contribution in [0.25, 0.3) is 0 Å². The third kappa shape index (κ3) is 4.37. The molecule has 0 aromatic rings. The van der Waals surface area contributed by atoms with E-state index in [9.17, 15) is 0 Å². The number of nitrogens with one attached hydrogen (secondary N) is 1. The summed E-state index contributed by atoms with van der Waals surface area (Å²) in [6.45, 7) is 7.91. The Balaban J connectivity index is 2.08. The van der Waals surface area contributed by atoms with E-state index in [-0.39, 0.29) is 18.1 Å². The van der Waals surface area contributed by atoms with Crippen LogP contribution in [-0.4, -0.2) is 50.7 Å². The van der Waals surface area contributed by atoms with Gasteiger partial charge in [0.1, 0.15) is 0 Å². The molecule has 14 heavy (non-hydrogen) atoms. The lowest BCUT2D eigenvalue weighted by atomic mass is 9.95. The molecule has 2 N–H and O–H groups in total. The number of rotatable bonds is 5. The van der Waals surface area contributed by atoms with Crippen LogP contribution < -0.4 is 5.32 Å². The van der Waals surface area contributed by atoms with Gasteiger partial charge in [-0.05, 0) is 0 Å². The molecular weight excluding hydrogens is 182 g/mol. The molecule has 0 spiro atoms. The molecule has 1 fully saturated rings. The Labute approximate surface area is 85.6 Å². The van der Waals surface area contributed by atoms with E-state index >= 15 is 0 Å². The molecular formula is C10H21NO3. The van der Waals surface area contributed by atoms with Gasteiger partial charge in [0.2, 0.25) is 0 Å². The molecule has 1 aliphatic rings. The molecule has 4 heteroatoms. The molecule has 0 aromatic carbocycles. The molecule has 1 unspecified atom stereocenters. The van der Waals surface area contributed by atoms with Gasteiger partial charge >= 0.3 is 0 Å². The number of aliphatic hydroxyl groups is 1. The van der Waals surface area contributed by atoms with Crippen molar-refractivity contribution in [3.8, 4) is 0 Å². The third-order valence-electron chi connectivity index (χ3n) is 2.29. The zero-order chi connectivity index (χ0) is 10.4. The van der Waals surface area contributed by atoms with Crippen molar-refractivity contribution in [2.24, 2.45) is 5.41 Å². The van der Waals surface area contributed by atoms with Crippen molar-refractivity contribution in [2.75, 3.05) is 39.5 Å². The molecule has 84 valence electrons. The average Bonchev–Trinajstić information content (AvgIpc) is 2.19. The van der Waals surface area contributed by atoms with Crippen molar-refractivity contribution in [3.05, 3.63) is 0 Å². The van der Waals surface area contributed by atoms with Crippen LogP contribution >= 0.6 is 0 Å². The monoisotopic (exact) mass is 203 g/mol. The van der Waals surface area contributed by atoms with Crippen LogP contribution in [0.2, 0.25) is 0 Å². The van der Waals surface area contributed by atoms with Crippen molar-refractivity contribution in [1.82, 2.24) is 5.32 Å². The molecule has 4 nitrogen and oxygen atoms in total. The average molecular weight is 203 g/mol. The Morgan fingerprint density at radius 3 is 2.79 bits per heavy atom. The van der Waals surface area contributed by atoms with Gasteiger partial charge < -0.3 is 19.9 Å². The summed E-state index contributed by atoms with van der Waals surface area (Å²) in [5.41, 5.74) is -0.0600. The Morgan fingerprint density at radius 1 is 1.43 bits per heavy atom. The number of ether oxygens (including phenoxy) is 2. The van der Waals surface area contributed by atoms with Crippen LogP contribution in [0.1, 0.15) is 13.8 Å². The van der Waals surface area contributed by atoms with Gasteiger partial charge in [-0.1, -0.05) is 13.8 Å². The molecule has 1 atom stereocenters. The Kier molecular flexibility index (Phi) is 4.81. The van der Waals surface area contributed by atoms with Crippen LogP contribution in [0.15, 0.2) is 0 Å². The van der Waals surface area contributed by atoms with Crippen molar-refractivity contribution in [1.29, 1.82) is 0 Å². The molecule has 1 heterocycles. The van der Waals surface area contributed by atoms with Crippen molar-refractivity contribution in [2.45, 2.75) is 20.0 Å². The summed E-state index contributed by atoms with van der Waals surface area (Å²) >= 11 is 0. The van der Waals surface area contributed by atoms with E-state index in [1.807, 2.05) is 13.8 Å². The maximum Gasteiger partial charge on any atom is 0.0933 e. The smallest absolute Gasteiger partial charge is 0.0933 e. The fraction of sp³-hybridized carbons (Fsp3) is 1.00. The molecule has 0 aliphatic carbocycles. The van der Waals surface area contributed by atoms with Gasteiger partial charge in [-0.15, -0.1) is 0 Å². The minimum Gasteiger partial charge on any atom is -0.396 e. The Morgan fingerprint density at radius 2 is 2.21 bits per heavy atom. The lowest BCUT2D eigenvalue weighted by molar-refractivity contribution is -0.0869. The predicted molar refractivity (Wildman–Crippen MR) is 54.3 cm³/mol. The highest BCUT2D eigenvalue weighted by atomic mass is 16.6. The fourth-order valence-electron chi connectivity index (χ4n) is 1.28. The normalized spacial score (nSPS) is 23.8. The maximum atomic E-state index is 9.04. The largest absolute Gasteiger partial charge is 0.396 e. The first-order chi connectivity index (χ1) is 6.64. The van der Waals surface area contributed by atoms with Crippen LogP contribution in [0.4, 0.5) is 0 Å². The molecule has 0 saturated carbocycles. The Hall–Kier alpha value is -0.160. The summed E-state index contributed by atoms with van der Waals surface area (Å²) < 4.78 is 10.8. The zero-order valence-electron chi connectivity index (χ0n) is 9.08. The lowest BCUT2D eigenvalue weighted by Gasteiger charge is -2.26. The van der Waals surface area contributed by atoms with E-state index in [0.29, 0.717) is 19.8 Å². The standard InChI is InChI=1S/C10H21NO3/c1-10(2,8-12)7-11-5-9-6-13-3-4-14-9/h9,11-12H,3-8H2,1-2H3. The Bertz CT molecular complexity index is 155. The molecule has 1 saturated heterocycles. The quantitative estimate of drug-likeness (QED) is 0.661. The minimum absolute atomic E-state index is 0.0600. The third-order valence-corrected chi connectivity index (χ3v) is 2.29. The van der Waals surface area contributed by atoms with E-state index in [4.69, 9.17) is 14.6 Å². The van der Waals surface area contributed by atoms with E-state index < -0.39 is 0 Å². The second kappa shape index (κ2) is 5.66. The van der Waals surface area contributed by atoms with E-state index in [0.717, 1.165) is 13.1 Å². The van der Waals surface area contributed by atoms with Gasteiger partial charge in [-0.25, -0.2) is 0 Å². The maximum absolute atomic E-state index is 9.04. The SMILES string of the molecule is CC(C)(CO)CNCC1COCCO1. The van der Waals surface area contributed by atoms with Gasteiger partial charge in [0.15, 0.2) is 0 Å². The predicted octanol–water partition coefficient (Wildman–Crippen LogP) is 0.00990. The second-order valence-corrected chi connectivity index (χ2v) is 4.52. The first-order valence-corrected chi connectivity index (χ1v) is 5.15. The summed E-state index contributed by atoms with van der Waals surface area (Å²) in [7, 11) is 0. The number of hydrogen-bond donors (Lipinski definition) is 2. The minimum atomic E-state index is -0.0600. The summed E-state index contributed by atoms with van der Waals surface area (Å²) in [6, 6.07) is 0. The summed E-state index contributed by atoms with van der Waals surface area (Å²) in [4.78, 5) is 0. The van der Waals surface area contributed by atoms with Crippen LogP contribution in [0.5, 0.6) is 0 Å². The highest BCUT2D eigenvalue weighted by Gasteiger charge is 2.18. The lowest BCUT2D eigenvalue weighted by Crippen LogP contribution is -2.41. The first kappa shape index (κ1) is 11.9. The van der Waals surface area contributed by atoms with Gasteiger partial charge in [0, 0.05) is 25.1 Å². The van der Waals surface area contributed by atoms with Crippen molar-refractivity contribution >= 4 is 0 Å². The topological polar surface area (TPSA) is 50.7 Å². The molecule has 1 rings (SSSR count). The number of hydrogen-bond acceptors (Lipinski definition) is 4. The zero-order valence-corrected chi connectivity index (χ0v) is 9.08. The van der Waals surface area contributed by atoms with Crippen molar-refractivity contribution in [3.63, 3.8) is 0 Å². The van der Waals surface area contributed by atoms with Crippen LogP contribution in [-0.2, 0) is 9.47 Å². The highest BCUT2D eigenvalue weighted by Crippen LogP contribution is 2.11. The summed E-state index contributed by atoms with van der Waals surface area (Å²) in [6.07, 6.45) is 0.165. The van der Waals surface area contributed by atoms with E-state index in [1.165, 1.54) is 0 Å². The highest BCUT2D eigenvalue weighted by molar-refractivity contribution is 4.72. The molecule has 0 aromatic heterocycles. The summed E-state index contributed by atoms with van der Waals surface area (Å²) in [5.74, 6) is 0. The summed E-state index contributed by atoms with van der Waals surface area (Å²) in [5, 5.41) is 12.3. The van der Waals surface area contributed by atoms with Gasteiger partial charge in [0.25, 0.3) is 0 Å². The number of aliphatic hydroxyl groups excluding tert-OH is 1. The molecule has 1 aliphatic heterocycles.